The van der Waals surface area contributed by atoms with E-state index in [1.807, 2.05) is 44.2 Å². The van der Waals surface area contributed by atoms with E-state index in [0.29, 0.717) is 11.4 Å². The van der Waals surface area contributed by atoms with Crippen LogP contribution < -0.4 is 16.2 Å². The lowest BCUT2D eigenvalue weighted by atomic mass is 10.1. The number of hydrogen-bond acceptors (Lipinski definition) is 3. The van der Waals surface area contributed by atoms with E-state index in [-0.39, 0.29) is 5.82 Å². The highest BCUT2D eigenvalue weighted by Gasteiger charge is 2.10. The zero-order valence-corrected chi connectivity index (χ0v) is 15.9. The molecule has 1 heterocycles. The van der Waals surface area contributed by atoms with Crippen LogP contribution in [0.5, 0.6) is 0 Å². The second-order valence-electron chi connectivity index (χ2n) is 5.88. The molecule has 3 aromatic rings. The van der Waals surface area contributed by atoms with Crippen molar-refractivity contribution in [1.82, 2.24) is 9.55 Å². The van der Waals surface area contributed by atoms with Crippen LogP contribution in [0.3, 0.4) is 0 Å². The Morgan fingerprint density at radius 2 is 1.69 bits per heavy atom. The first-order chi connectivity index (χ1) is 12.4. The molecule has 0 bridgehead atoms. The van der Waals surface area contributed by atoms with Gasteiger partial charge in [-0.2, -0.15) is 0 Å². The van der Waals surface area contributed by atoms with Crippen molar-refractivity contribution in [3.8, 4) is 5.69 Å². The maximum atomic E-state index is 12.6. The van der Waals surface area contributed by atoms with Crippen molar-refractivity contribution in [3.05, 3.63) is 80.8 Å². The number of urea groups is 1. The van der Waals surface area contributed by atoms with Crippen molar-refractivity contribution in [2.24, 2.45) is 0 Å². The van der Waals surface area contributed by atoms with Gasteiger partial charge in [0, 0.05) is 28.2 Å². The average Bonchev–Trinajstić information content (AvgIpc) is 2.57. The van der Waals surface area contributed by atoms with Gasteiger partial charge in [-0.25, -0.2) is 9.78 Å². The SMILES string of the molecule is Cc1cc(C)cc(NC(=O)Nc2nccn(-c3ccc(Br)cc3)c2=O)c1. The van der Waals surface area contributed by atoms with Crippen molar-refractivity contribution in [2.45, 2.75) is 13.8 Å². The number of carbonyl (C=O) groups is 1. The third-order valence-corrected chi connectivity index (χ3v) is 4.19. The molecular formula is C19H17BrN4O2. The second kappa shape index (κ2) is 7.53. The summed E-state index contributed by atoms with van der Waals surface area (Å²) in [6.07, 6.45) is 3.02. The van der Waals surface area contributed by atoms with Crippen molar-refractivity contribution < 1.29 is 4.79 Å². The van der Waals surface area contributed by atoms with Gasteiger partial charge in [0.15, 0.2) is 0 Å². The van der Waals surface area contributed by atoms with E-state index in [1.54, 1.807) is 18.3 Å². The predicted octanol–water partition coefficient (Wildman–Crippen LogP) is 4.26. The highest BCUT2D eigenvalue weighted by Crippen LogP contribution is 2.15. The highest BCUT2D eigenvalue weighted by molar-refractivity contribution is 9.10. The molecule has 0 aliphatic heterocycles. The van der Waals surface area contributed by atoms with Crippen molar-refractivity contribution in [1.29, 1.82) is 0 Å². The maximum Gasteiger partial charge on any atom is 0.325 e. The first-order valence-corrected chi connectivity index (χ1v) is 8.71. The molecule has 0 atom stereocenters. The van der Waals surface area contributed by atoms with Gasteiger partial charge >= 0.3 is 6.03 Å². The Morgan fingerprint density at radius 1 is 1.04 bits per heavy atom. The fourth-order valence-electron chi connectivity index (χ4n) is 2.62. The first kappa shape index (κ1) is 17.9. The van der Waals surface area contributed by atoms with Crippen LogP contribution in [-0.4, -0.2) is 15.6 Å². The summed E-state index contributed by atoms with van der Waals surface area (Å²) in [5.41, 5.74) is 3.00. The second-order valence-corrected chi connectivity index (χ2v) is 6.80. The molecule has 26 heavy (non-hydrogen) atoms. The van der Waals surface area contributed by atoms with E-state index >= 15 is 0 Å². The number of hydrogen-bond donors (Lipinski definition) is 2. The quantitative estimate of drug-likeness (QED) is 0.674. The Morgan fingerprint density at radius 3 is 2.35 bits per heavy atom. The number of rotatable bonds is 3. The molecular weight excluding hydrogens is 396 g/mol. The number of carbonyl (C=O) groups excluding carboxylic acids is 1. The topological polar surface area (TPSA) is 76.0 Å². The number of benzene rings is 2. The van der Waals surface area contributed by atoms with Crippen LogP contribution in [0.1, 0.15) is 11.1 Å². The van der Waals surface area contributed by atoms with Crippen LogP contribution >= 0.6 is 15.9 Å². The zero-order valence-electron chi connectivity index (χ0n) is 14.3. The summed E-state index contributed by atoms with van der Waals surface area (Å²) in [5, 5.41) is 5.24. The standard InChI is InChI=1S/C19H17BrN4O2/c1-12-9-13(2)11-15(10-12)22-19(26)23-17-18(25)24(8-7-21-17)16-5-3-14(20)4-6-16/h3-11H,1-2H3,(H2,21,22,23,26). The normalized spacial score (nSPS) is 10.4. The van der Waals surface area contributed by atoms with Gasteiger partial charge in [-0.1, -0.05) is 22.0 Å². The minimum Gasteiger partial charge on any atom is -0.308 e. The van der Waals surface area contributed by atoms with E-state index < -0.39 is 11.6 Å². The van der Waals surface area contributed by atoms with Crippen molar-refractivity contribution >= 4 is 33.5 Å². The third-order valence-electron chi connectivity index (χ3n) is 3.66. The van der Waals surface area contributed by atoms with Crippen LogP contribution in [-0.2, 0) is 0 Å². The van der Waals surface area contributed by atoms with E-state index in [9.17, 15) is 9.59 Å². The lowest BCUT2D eigenvalue weighted by molar-refractivity contribution is 0.262. The van der Waals surface area contributed by atoms with Crippen molar-refractivity contribution in [3.63, 3.8) is 0 Å². The van der Waals surface area contributed by atoms with Crippen LogP contribution in [0.25, 0.3) is 5.69 Å². The summed E-state index contributed by atoms with van der Waals surface area (Å²) in [4.78, 5) is 28.8. The molecule has 2 amide bonds. The van der Waals surface area contributed by atoms with E-state index in [4.69, 9.17) is 0 Å². The first-order valence-electron chi connectivity index (χ1n) is 7.92. The maximum absolute atomic E-state index is 12.6. The summed E-state index contributed by atoms with van der Waals surface area (Å²) in [5.74, 6) is -0.0442. The molecule has 0 spiro atoms. The van der Waals surface area contributed by atoms with Gasteiger partial charge in [0.25, 0.3) is 5.56 Å². The molecule has 132 valence electrons. The van der Waals surface area contributed by atoms with Crippen LogP contribution in [0, 0.1) is 13.8 Å². The molecule has 3 rings (SSSR count). The largest absolute Gasteiger partial charge is 0.325 e. The fourth-order valence-corrected chi connectivity index (χ4v) is 2.88. The van der Waals surface area contributed by atoms with Gasteiger partial charge in [-0.15, -0.1) is 0 Å². The Hall–Kier alpha value is -2.93. The number of amides is 2. The Kier molecular flexibility index (Phi) is 5.18. The van der Waals surface area contributed by atoms with Crippen molar-refractivity contribution in [2.75, 3.05) is 10.6 Å². The summed E-state index contributed by atoms with van der Waals surface area (Å²) in [6, 6.07) is 12.5. The molecule has 0 aliphatic carbocycles. The van der Waals surface area contributed by atoms with Crippen LogP contribution in [0.4, 0.5) is 16.3 Å². The van der Waals surface area contributed by atoms with Crippen LogP contribution in [0.15, 0.2) is 64.1 Å². The van der Waals surface area contributed by atoms with Gasteiger partial charge < -0.3 is 5.32 Å². The minimum absolute atomic E-state index is 0.0442. The lowest BCUT2D eigenvalue weighted by Crippen LogP contribution is -2.28. The fraction of sp³-hybridized carbons (Fsp3) is 0.105. The molecule has 0 radical (unpaired) electrons. The number of aromatic nitrogens is 2. The smallest absolute Gasteiger partial charge is 0.308 e. The third kappa shape index (κ3) is 4.18. The minimum atomic E-state index is -0.520. The van der Waals surface area contributed by atoms with Gasteiger partial charge in [0.1, 0.15) is 0 Å². The van der Waals surface area contributed by atoms with Gasteiger partial charge in [-0.05, 0) is 61.4 Å². The molecule has 2 aromatic carbocycles. The Labute approximate surface area is 159 Å². The summed E-state index contributed by atoms with van der Waals surface area (Å²) >= 11 is 3.36. The molecule has 0 saturated heterocycles. The molecule has 6 nitrogen and oxygen atoms in total. The van der Waals surface area contributed by atoms with Gasteiger partial charge in [0.05, 0.1) is 0 Å². The van der Waals surface area contributed by atoms with Crippen LogP contribution in [0.2, 0.25) is 0 Å². The molecule has 1 aromatic heterocycles. The molecule has 7 heteroatoms. The summed E-state index contributed by atoms with van der Waals surface area (Å²) < 4.78 is 2.33. The van der Waals surface area contributed by atoms with E-state index in [0.717, 1.165) is 15.6 Å². The van der Waals surface area contributed by atoms with Gasteiger partial charge in [-0.3, -0.25) is 14.7 Å². The lowest BCUT2D eigenvalue weighted by Gasteiger charge is -2.10. The number of halogens is 1. The Balaban J connectivity index is 1.81. The Bertz CT molecular complexity index is 993. The predicted molar refractivity (Wildman–Crippen MR) is 106 cm³/mol. The highest BCUT2D eigenvalue weighted by atomic mass is 79.9. The van der Waals surface area contributed by atoms with Gasteiger partial charge in [0.2, 0.25) is 5.82 Å². The molecule has 0 aliphatic rings. The molecule has 2 N–H and O–H groups in total. The number of aryl methyl sites for hydroxylation is 2. The number of nitrogens with one attached hydrogen (secondary N) is 2. The summed E-state index contributed by atoms with van der Waals surface area (Å²) in [6.45, 7) is 3.90. The number of nitrogens with zero attached hydrogens (tertiary/aromatic N) is 2. The molecule has 0 fully saturated rings. The monoisotopic (exact) mass is 412 g/mol. The molecule has 0 saturated carbocycles. The van der Waals surface area contributed by atoms with E-state index in [2.05, 4.69) is 31.5 Å². The molecule has 0 unspecified atom stereocenters. The summed E-state index contributed by atoms with van der Waals surface area (Å²) in [7, 11) is 0. The average molecular weight is 413 g/mol. The van der Waals surface area contributed by atoms with E-state index in [1.165, 1.54) is 10.8 Å². The number of anilines is 2. The zero-order chi connectivity index (χ0) is 18.7.